The minimum atomic E-state index is -0.453. The van der Waals surface area contributed by atoms with Crippen LogP contribution in [-0.2, 0) is 17.8 Å². The van der Waals surface area contributed by atoms with Gasteiger partial charge in [-0.1, -0.05) is 0 Å². The van der Waals surface area contributed by atoms with Crippen molar-refractivity contribution in [3.63, 3.8) is 0 Å². The fourth-order valence-electron chi connectivity index (χ4n) is 1.55. The van der Waals surface area contributed by atoms with E-state index in [0.29, 0.717) is 6.42 Å². The second kappa shape index (κ2) is 5.03. The number of thiophene rings is 1. The number of hydrogen-bond donors (Lipinski definition) is 0. The zero-order valence-electron chi connectivity index (χ0n) is 8.60. The van der Waals surface area contributed by atoms with Crippen molar-refractivity contribution in [3.8, 4) is 11.3 Å². The van der Waals surface area contributed by atoms with Gasteiger partial charge in [-0.25, -0.2) is 4.39 Å². The average Bonchev–Trinajstić information content (AvgIpc) is 2.87. The number of rotatable bonds is 5. The zero-order valence-corrected chi connectivity index (χ0v) is 9.41. The molecule has 16 heavy (non-hydrogen) atoms. The van der Waals surface area contributed by atoms with Crippen molar-refractivity contribution in [1.82, 2.24) is 9.78 Å². The van der Waals surface area contributed by atoms with Crippen molar-refractivity contribution in [3.05, 3.63) is 28.6 Å². The van der Waals surface area contributed by atoms with Crippen molar-refractivity contribution in [2.45, 2.75) is 13.0 Å². The normalized spacial score (nSPS) is 10.6. The topological polar surface area (TPSA) is 34.9 Å². The van der Waals surface area contributed by atoms with Crippen LogP contribution < -0.4 is 0 Å². The summed E-state index contributed by atoms with van der Waals surface area (Å²) < 4.78 is 13.8. The van der Waals surface area contributed by atoms with Crippen LogP contribution in [0, 0.1) is 0 Å². The van der Waals surface area contributed by atoms with Gasteiger partial charge in [-0.05, 0) is 11.4 Å². The van der Waals surface area contributed by atoms with E-state index in [1.807, 2.05) is 16.8 Å². The Labute approximate surface area is 96.5 Å². The molecule has 5 heteroatoms. The summed E-state index contributed by atoms with van der Waals surface area (Å²) in [6.07, 6.45) is 2.89. The Morgan fingerprint density at radius 3 is 3.06 bits per heavy atom. The van der Waals surface area contributed by atoms with E-state index in [-0.39, 0.29) is 6.54 Å². The number of carbonyl (C=O) groups is 1. The molecule has 0 saturated carbocycles. The van der Waals surface area contributed by atoms with E-state index in [0.717, 1.165) is 23.1 Å². The Balaban J connectivity index is 2.37. The maximum absolute atomic E-state index is 12.2. The molecule has 0 fully saturated rings. The molecule has 2 aromatic rings. The smallest absolute Gasteiger partial charge is 0.124 e. The fourth-order valence-corrected chi connectivity index (χ4v) is 2.19. The fraction of sp³-hybridized carbons (Fsp3) is 0.273. The maximum Gasteiger partial charge on any atom is 0.124 e. The van der Waals surface area contributed by atoms with Crippen LogP contribution >= 0.6 is 11.3 Å². The first-order chi connectivity index (χ1) is 7.85. The summed E-state index contributed by atoms with van der Waals surface area (Å²) in [5.41, 5.74) is 2.61. The summed E-state index contributed by atoms with van der Waals surface area (Å²) in [7, 11) is 0. The van der Waals surface area contributed by atoms with Gasteiger partial charge in [-0.2, -0.15) is 16.4 Å². The maximum atomic E-state index is 12.2. The van der Waals surface area contributed by atoms with E-state index in [9.17, 15) is 9.18 Å². The van der Waals surface area contributed by atoms with Gasteiger partial charge in [-0.3, -0.25) is 4.68 Å². The summed E-state index contributed by atoms with van der Waals surface area (Å²) >= 11 is 1.57. The molecule has 2 aromatic heterocycles. The number of halogens is 1. The van der Waals surface area contributed by atoms with Crippen molar-refractivity contribution < 1.29 is 9.18 Å². The number of alkyl halides is 1. The Kier molecular flexibility index (Phi) is 3.46. The molecule has 0 unspecified atom stereocenters. The molecule has 2 rings (SSSR count). The Bertz CT molecular complexity index is 464. The van der Waals surface area contributed by atoms with Crippen molar-refractivity contribution in [2.24, 2.45) is 0 Å². The van der Waals surface area contributed by atoms with Gasteiger partial charge in [0.1, 0.15) is 13.0 Å². The predicted molar refractivity (Wildman–Crippen MR) is 61.3 cm³/mol. The second-order valence-electron chi connectivity index (χ2n) is 3.34. The molecule has 0 spiro atoms. The van der Waals surface area contributed by atoms with Crippen LogP contribution in [0.3, 0.4) is 0 Å². The van der Waals surface area contributed by atoms with Gasteiger partial charge < -0.3 is 4.79 Å². The molecular formula is C11H11FN2OS. The highest BCUT2D eigenvalue weighted by atomic mass is 32.1. The Morgan fingerprint density at radius 1 is 1.56 bits per heavy atom. The van der Waals surface area contributed by atoms with E-state index in [1.165, 1.54) is 0 Å². The minimum absolute atomic E-state index is 0.232. The molecule has 0 bridgehead atoms. The molecule has 0 aliphatic carbocycles. The summed E-state index contributed by atoms with van der Waals surface area (Å²) in [4.78, 5) is 10.6. The molecule has 0 atom stereocenters. The van der Waals surface area contributed by atoms with Crippen LogP contribution in [0.5, 0.6) is 0 Å². The first-order valence-corrected chi connectivity index (χ1v) is 5.88. The molecule has 3 nitrogen and oxygen atoms in total. The van der Waals surface area contributed by atoms with E-state index in [2.05, 4.69) is 5.10 Å². The standard InChI is InChI=1S/C11H11FN2OS/c12-3-4-14-7-9(1-5-15)11(13-14)10-2-6-16-8-10/h2,5-8H,1,3-4H2. The van der Waals surface area contributed by atoms with Gasteiger partial charge in [0.2, 0.25) is 0 Å². The van der Waals surface area contributed by atoms with Crippen LogP contribution in [-0.4, -0.2) is 22.7 Å². The molecule has 0 aliphatic rings. The van der Waals surface area contributed by atoms with Gasteiger partial charge in [0, 0.05) is 29.1 Å². The van der Waals surface area contributed by atoms with E-state index >= 15 is 0 Å². The molecule has 0 aliphatic heterocycles. The first kappa shape index (κ1) is 11.0. The van der Waals surface area contributed by atoms with Crippen LogP contribution in [0.1, 0.15) is 5.56 Å². The van der Waals surface area contributed by atoms with E-state index < -0.39 is 6.67 Å². The van der Waals surface area contributed by atoms with Crippen LogP contribution in [0.25, 0.3) is 11.3 Å². The lowest BCUT2D eigenvalue weighted by Gasteiger charge is -1.94. The quantitative estimate of drug-likeness (QED) is 0.749. The monoisotopic (exact) mass is 238 g/mol. The average molecular weight is 238 g/mol. The van der Waals surface area contributed by atoms with Gasteiger partial charge >= 0.3 is 0 Å². The third-order valence-electron chi connectivity index (χ3n) is 2.25. The van der Waals surface area contributed by atoms with Gasteiger partial charge in [0.15, 0.2) is 0 Å². The molecule has 0 saturated heterocycles. The summed E-state index contributed by atoms with van der Waals surface area (Å²) in [6.45, 7) is -0.221. The van der Waals surface area contributed by atoms with E-state index in [1.54, 1.807) is 22.2 Å². The molecule has 84 valence electrons. The number of aryl methyl sites for hydroxylation is 1. The lowest BCUT2D eigenvalue weighted by molar-refractivity contribution is -0.107. The van der Waals surface area contributed by atoms with Crippen molar-refractivity contribution in [1.29, 1.82) is 0 Å². The highest BCUT2D eigenvalue weighted by Crippen LogP contribution is 2.24. The zero-order chi connectivity index (χ0) is 11.4. The number of aldehydes is 1. The second-order valence-corrected chi connectivity index (χ2v) is 4.12. The number of hydrogen-bond acceptors (Lipinski definition) is 3. The minimum Gasteiger partial charge on any atom is -0.303 e. The van der Waals surface area contributed by atoms with Gasteiger partial charge in [0.05, 0.1) is 12.2 Å². The molecular weight excluding hydrogens is 227 g/mol. The summed E-state index contributed by atoms with van der Waals surface area (Å²) in [5.74, 6) is 0. The molecule has 0 aromatic carbocycles. The van der Waals surface area contributed by atoms with Crippen LogP contribution in [0.15, 0.2) is 23.0 Å². The molecule has 0 N–H and O–H groups in total. The first-order valence-electron chi connectivity index (χ1n) is 4.93. The van der Waals surface area contributed by atoms with Gasteiger partial charge in [0.25, 0.3) is 0 Å². The molecule has 2 heterocycles. The third-order valence-corrected chi connectivity index (χ3v) is 2.93. The van der Waals surface area contributed by atoms with Crippen LogP contribution in [0.2, 0.25) is 0 Å². The largest absolute Gasteiger partial charge is 0.303 e. The number of carbonyl (C=O) groups excluding carboxylic acids is 1. The number of nitrogens with zero attached hydrogens (tertiary/aromatic N) is 2. The molecule has 0 radical (unpaired) electrons. The third kappa shape index (κ3) is 2.19. The van der Waals surface area contributed by atoms with Crippen molar-refractivity contribution >= 4 is 17.6 Å². The van der Waals surface area contributed by atoms with Crippen LogP contribution in [0.4, 0.5) is 4.39 Å². The molecule has 0 amide bonds. The number of aromatic nitrogens is 2. The lowest BCUT2D eigenvalue weighted by Crippen LogP contribution is -1.99. The SMILES string of the molecule is O=CCc1cn(CCF)nc1-c1ccsc1. The predicted octanol–water partition coefficient (Wildman–Crippen LogP) is 2.32. The Morgan fingerprint density at radius 2 is 2.44 bits per heavy atom. The summed E-state index contributed by atoms with van der Waals surface area (Å²) in [5, 5.41) is 8.21. The lowest BCUT2D eigenvalue weighted by atomic mass is 10.1. The highest BCUT2D eigenvalue weighted by Gasteiger charge is 2.10. The highest BCUT2D eigenvalue weighted by molar-refractivity contribution is 7.08. The summed E-state index contributed by atoms with van der Waals surface area (Å²) in [6, 6.07) is 1.95. The Hall–Kier alpha value is -1.49. The van der Waals surface area contributed by atoms with Crippen molar-refractivity contribution in [2.75, 3.05) is 6.67 Å². The van der Waals surface area contributed by atoms with Gasteiger partial charge in [-0.15, -0.1) is 0 Å². The van der Waals surface area contributed by atoms with E-state index in [4.69, 9.17) is 0 Å².